The van der Waals surface area contributed by atoms with Gasteiger partial charge in [-0.25, -0.2) is 13.2 Å². The van der Waals surface area contributed by atoms with Crippen molar-refractivity contribution in [2.75, 3.05) is 56.2 Å². The number of nitrogens with one attached hydrogen (secondary N) is 1. The molecule has 1 amide bonds. The summed E-state index contributed by atoms with van der Waals surface area (Å²) in [7, 11) is -3.71. The minimum atomic E-state index is -3.71. The summed E-state index contributed by atoms with van der Waals surface area (Å²) in [4.78, 5) is 26.9. The maximum absolute atomic E-state index is 13.0. The molecule has 0 unspecified atom stereocenters. The number of sulfonamides is 1. The van der Waals surface area contributed by atoms with Gasteiger partial charge in [-0.15, -0.1) is 0 Å². The van der Waals surface area contributed by atoms with Crippen LogP contribution in [0.5, 0.6) is 0 Å². The van der Waals surface area contributed by atoms with Gasteiger partial charge >= 0.3 is 5.97 Å². The van der Waals surface area contributed by atoms with Gasteiger partial charge in [0.15, 0.2) is 6.61 Å². The number of carbonyl (C=O) groups is 2. The number of esters is 1. The lowest BCUT2D eigenvalue weighted by atomic mass is 10.2. The van der Waals surface area contributed by atoms with Crippen molar-refractivity contribution in [1.29, 1.82) is 0 Å². The van der Waals surface area contributed by atoms with Crippen molar-refractivity contribution in [3.8, 4) is 0 Å². The minimum absolute atomic E-state index is 0.123. The van der Waals surface area contributed by atoms with Crippen LogP contribution in [-0.2, 0) is 24.3 Å². The average molecular weight is 490 g/mol. The largest absolute Gasteiger partial charge is 0.452 e. The zero-order chi connectivity index (χ0) is 24.7. The van der Waals surface area contributed by atoms with Crippen LogP contribution in [0.2, 0.25) is 0 Å². The van der Waals surface area contributed by atoms with Gasteiger partial charge in [-0.2, -0.15) is 4.31 Å². The number of rotatable bonds is 9. The third-order valence-corrected chi connectivity index (χ3v) is 7.67. The first-order valence-electron chi connectivity index (χ1n) is 11.3. The fourth-order valence-electron chi connectivity index (χ4n) is 3.69. The van der Waals surface area contributed by atoms with Crippen molar-refractivity contribution in [3.05, 3.63) is 53.6 Å². The van der Waals surface area contributed by atoms with Crippen LogP contribution in [0.4, 0.5) is 11.4 Å². The number of morpholine rings is 1. The molecular weight excluding hydrogens is 458 g/mol. The third kappa shape index (κ3) is 6.13. The summed E-state index contributed by atoms with van der Waals surface area (Å²) in [5.74, 6) is -1.17. The van der Waals surface area contributed by atoms with Crippen LogP contribution < -0.4 is 10.2 Å². The van der Waals surface area contributed by atoms with Crippen LogP contribution in [0.3, 0.4) is 0 Å². The minimum Gasteiger partial charge on any atom is -0.452 e. The zero-order valence-corrected chi connectivity index (χ0v) is 20.6. The fourth-order valence-corrected chi connectivity index (χ4v) is 5.35. The van der Waals surface area contributed by atoms with Gasteiger partial charge in [-0.3, -0.25) is 4.79 Å². The lowest BCUT2D eigenvalue weighted by molar-refractivity contribution is -0.119. The molecule has 0 aliphatic carbocycles. The molecular formula is C24H31N3O6S. The van der Waals surface area contributed by atoms with E-state index in [1.807, 2.05) is 12.1 Å². The third-order valence-electron chi connectivity index (χ3n) is 5.63. The molecule has 2 aromatic carbocycles. The van der Waals surface area contributed by atoms with Crippen LogP contribution in [0.25, 0.3) is 0 Å². The predicted octanol–water partition coefficient (Wildman–Crippen LogP) is 2.66. The van der Waals surface area contributed by atoms with E-state index in [-0.39, 0.29) is 18.0 Å². The van der Waals surface area contributed by atoms with E-state index >= 15 is 0 Å². The van der Waals surface area contributed by atoms with E-state index in [0.29, 0.717) is 30.0 Å². The predicted molar refractivity (Wildman–Crippen MR) is 130 cm³/mol. The Labute approximate surface area is 200 Å². The molecule has 0 radical (unpaired) electrons. The van der Waals surface area contributed by atoms with E-state index in [1.165, 1.54) is 10.4 Å². The number of anilines is 2. The van der Waals surface area contributed by atoms with Gasteiger partial charge in [-0.1, -0.05) is 6.07 Å². The molecule has 9 nitrogen and oxygen atoms in total. The van der Waals surface area contributed by atoms with Crippen molar-refractivity contribution >= 4 is 33.3 Å². The summed E-state index contributed by atoms with van der Waals surface area (Å²) in [6, 6.07) is 11.7. The molecule has 2 aromatic rings. The van der Waals surface area contributed by atoms with Crippen molar-refractivity contribution in [1.82, 2.24) is 4.31 Å². The Balaban J connectivity index is 1.61. The average Bonchev–Trinajstić information content (AvgIpc) is 2.85. The number of carbonyl (C=O) groups excluding carboxylic acids is 2. The number of aryl methyl sites for hydroxylation is 1. The van der Waals surface area contributed by atoms with Gasteiger partial charge in [0.1, 0.15) is 0 Å². The first kappa shape index (κ1) is 25.7. The number of hydrogen-bond acceptors (Lipinski definition) is 7. The second kappa shape index (κ2) is 11.5. The van der Waals surface area contributed by atoms with E-state index in [0.717, 1.165) is 18.8 Å². The maximum atomic E-state index is 13.0. The molecule has 3 rings (SSSR count). The Kier molecular flexibility index (Phi) is 8.65. The summed E-state index contributed by atoms with van der Waals surface area (Å²) in [5.41, 5.74) is 2.23. The Morgan fingerprint density at radius 2 is 1.71 bits per heavy atom. The van der Waals surface area contributed by atoms with Crippen molar-refractivity contribution in [3.63, 3.8) is 0 Å². The van der Waals surface area contributed by atoms with Crippen LogP contribution in [-0.4, -0.2) is 70.6 Å². The van der Waals surface area contributed by atoms with Crippen molar-refractivity contribution in [2.24, 2.45) is 0 Å². The van der Waals surface area contributed by atoms with Crippen LogP contribution in [0, 0.1) is 6.92 Å². The highest BCUT2D eigenvalue weighted by atomic mass is 32.2. The molecule has 1 heterocycles. The number of benzene rings is 2. The van der Waals surface area contributed by atoms with Crippen LogP contribution in [0.1, 0.15) is 29.8 Å². The highest BCUT2D eigenvalue weighted by Gasteiger charge is 2.28. The quantitative estimate of drug-likeness (QED) is 0.540. The Hall–Kier alpha value is -2.95. The molecule has 1 N–H and O–H groups in total. The fraction of sp³-hybridized carbons (Fsp3) is 0.417. The van der Waals surface area contributed by atoms with Gasteiger partial charge in [0.2, 0.25) is 10.0 Å². The SMILES string of the molecule is CCN(CC)c1ccc(C(=O)OCC(=O)Nc2ccc(C)c(S(=O)(=O)N3CCOCC3)c2)cc1. The summed E-state index contributed by atoms with van der Waals surface area (Å²) in [5, 5.41) is 2.60. The van der Waals surface area contributed by atoms with E-state index in [1.54, 1.807) is 31.2 Å². The second-order valence-corrected chi connectivity index (χ2v) is 9.75. The topological polar surface area (TPSA) is 105 Å². The highest BCUT2D eigenvalue weighted by molar-refractivity contribution is 7.89. The molecule has 34 heavy (non-hydrogen) atoms. The van der Waals surface area contributed by atoms with Crippen LogP contribution in [0.15, 0.2) is 47.4 Å². The van der Waals surface area contributed by atoms with E-state index in [2.05, 4.69) is 24.1 Å². The second-order valence-electron chi connectivity index (χ2n) is 7.84. The summed E-state index contributed by atoms with van der Waals surface area (Å²) >= 11 is 0. The molecule has 1 saturated heterocycles. The van der Waals surface area contributed by atoms with Crippen molar-refractivity contribution < 1.29 is 27.5 Å². The lowest BCUT2D eigenvalue weighted by Crippen LogP contribution is -2.40. The summed E-state index contributed by atoms with van der Waals surface area (Å²) in [6.45, 7) is 8.29. The Morgan fingerprint density at radius 3 is 2.32 bits per heavy atom. The molecule has 1 fully saturated rings. The number of hydrogen-bond donors (Lipinski definition) is 1. The Bertz CT molecular complexity index is 1110. The monoisotopic (exact) mass is 489 g/mol. The molecule has 184 valence electrons. The van der Waals surface area contributed by atoms with E-state index in [9.17, 15) is 18.0 Å². The molecule has 0 bridgehead atoms. The molecule has 10 heteroatoms. The number of amides is 1. The van der Waals surface area contributed by atoms with Gasteiger partial charge < -0.3 is 19.7 Å². The van der Waals surface area contributed by atoms with Gasteiger partial charge in [0.05, 0.1) is 23.7 Å². The molecule has 0 spiro atoms. The normalized spacial score (nSPS) is 14.4. The summed E-state index contributed by atoms with van der Waals surface area (Å²) < 4.78 is 37.8. The molecule has 0 aromatic heterocycles. The standard InChI is InChI=1S/C24H31N3O6S/c1-4-26(5-2)21-10-7-19(8-11-21)24(29)33-17-23(28)25-20-9-6-18(3)22(16-20)34(30,31)27-12-14-32-15-13-27/h6-11,16H,4-5,12-15,17H2,1-3H3,(H,25,28). The molecule has 0 atom stereocenters. The van der Waals surface area contributed by atoms with E-state index < -0.39 is 28.5 Å². The highest BCUT2D eigenvalue weighted by Crippen LogP contribution is 2.24. The summed E-state index contributed by atoms with van der Waals surface area (Å²) in [6.07, 6.45) is 0. The first-order valence-corrected chi connectivity index (χ1v) is 12.7. The lowest BCUT2D eigenvalue weighted by Gasteiger charge is -2.26. The maximum Gasteiger partial charge on any atom is 0.338 e. The van der Waals surface area contributed by atoms with Gasteiger partial charge in [0.25, 0.3) is 5.91 Å². The van der Waals surface area contributed by atoms with Crippen LogP contribution >= 0.6 is 0 Å². The van der Waals surface area contributed by atoms with Gasteiger partial charge in [-0.05, 0) is 62.7 Å². The first-order chi connectivity index (χ1) is 16.3. The molecule has 1 aliphatic heterocycles. The smallest absolute Gasteiger partial charge is 0.338 e. The van der Waals surface area contributed by atoms with E-state index in [4.69, 9.17) is 9.47 Å². The zero-order valence-electron chi connectivity index (χ0n) is 19.7. The number of ether oxygens (including phenoxy) is 2. The molecule has 1 aliphatic rings. The Morgan fingerprint density at radius 1 is 1.06 bits per heavy atom. The van der Waals surface area contributed by atoms with Gasteiger partial charge in [0, 0.05) is 37.6 Å². The number of nitrogens with zero attached hydrogens (tertiary/aromatic N) is 2. The molecule has 0 saturated carbocycles. The van der Waals surface area contributed by atoms with Crippen molar-refractivity contribution in [2.45, 2.75) is 25.7 Å².